The van der Waals surface area contributed by atoms with Gasteiger partial charge in [0.15, 0.2) is 5.82 Å². The number of aliphatic carboxylic acids is 1. The third-order valence-corrected chi connectivity index (χ3v) is 3.58. The van der Waals surface area contributed by atoms with E-state index in [9.17, 15) is 4.79 Å². The van der Waals surface area contributed by atoms with Crippen molar-refractivity contribution in [2.24, 2.45) is 0 Å². The number of carbonyl (C=O) groups is 1. The monoisotopic (exact) mass is 267 g/mol. The predicted octanol–water partition coefficient (Wildman–Crippen LogP) is 1.67. The molecule has 106 valence electrons. The van der Waals surface area contributed by atoms with Crippen LogP contribution in [0.25, 0.3) is 0 Å². The lowest BCUT2D eigenvalue weighted by Gasteiger charge is -2.34. The van der Waals surface area contributed by atoms with Gasteiger partial charge in [-0.05, 0) is 33.2 Å². The fourth-order valence-corrected chi connectivity index (χ4v) is 2.44. The number of hydrogen-bond donors (Lipinski definition) is 1. The largest absolute Gasteiger partial charge is 0.481 e. The third-order valence-electron chi connectivity index (χ3n) is 3.58. The Morgan fingerprint density at radius 1 is 1.58 bits per heavy atom. The number of aromatic nitrogens is 2. The molecular weight excluding hydrogens is 246 g/mol. The van der Waals surface area contributed by atoms with E-state index in [2.05, 4.69) is 28.9 Å². The number of nitrogens with zero attached hydrogens (tertiary/aromatic N) is 3. The van der Waals surface area contributed by atoms with Crippen LogP contribution < -0.4 is 0 Å². The minimum atomic E-state index is -0.844. The molecule has 1 aliphatic rings. The zero-order valence-corrected chi connectivity index (χ0v) is 11.5. The number of rotatable bonds is 5. The van der Waals surface area contributed by atoms with Crippen molar-refractivity contribution >= 4 is 5.97 Å². The van der Waals surface area contributed by atoms with E-state index in [1.165, 1.54) is 0 Å². The Balaban J connectivity index is 1.95. The highest BCUT2D eigenvalue weighted by Crippen LogP contribution is 2.26. The molecule has 1 atom stereocenters. The molecule has 6 heteroatoms. The molecule has 1 aromatic heterocycles. The van der Waals surface area contributed by atoms with Gasteiger partial charge in [0.25, 0.3) is 0 Å². The summed E-state index contributed by atoms with van der Waals surface area (Å²) < 4.78 is 5.12. The second-order valence-electron chi connectivity index (χ2n) is 5.37. The summed E-state index contributed by atoms with van der Waals surface area (Å²) in [5.41, 5.74) is 0. The summed E-state index contributed by atoms with van der Waals surface area (Å²) in [6, 6.07) is 0.529. The zero-order chi connectivity index (χ0) is 13.8. The first kappa shape index (κ1) is 14.0. The Kier molecular flexibility index (Phi) is 4.52. The van der Waals surface area contributed by atoms with Crippen LogP contribution in [-0.2, 0) is 11.2 Å². The SMILES string of the molecule is CC(C)N1CCCC(c2noc(CCC(=O)O)n2)C1. The van der Waals surface area contributed by atoms with Crippen molar-refractivity contribution in [3.63, 3.8) is 0 Å². The topological polar surface area (TPSA) is 79.5 Å². The van der Waals surface area contributed by atoms with E-state index in [0.29, 0.717) is 24.3 Å². The summed E-state index contributed by atoms with van der Waals surface area (Å²) in [5.74, 6) is 0.617. The quantitative estimate of drug-likeness (QED) is 0.874. The number of carboxylic acid groups (broad SMARTS) is 1. The minimum absolute atomic E-state index is 0.0322. The van der Waals surface area contributed by atoms with E-state index < -0.39 is 5.97 Å². The third kappa shape index (κ3) is 3.76. The molecule has 0 aliphatic carbocycles. The van der Waals surface area contributed by atoms with Gasteiger partial charge >= 0.3 is 5.97 Å². The number of carboxylic acids is 1. The average molecular weight is 267 g/mol. The van der Waals surface area contributed by atoms with Crippen molar-refractivity contribution in [2.75, 3.05) is 13.1 Å². The molecule has 1 aromatic rings. The lowest BCUT2D eigenvalue weighted by molar-refractivity contribution is -0.137. The fraction of sp³-hybridized carbons (Fsp3) is 0.769. The summed E-state index contributed by atoms with van der Waals surface area (Å²) in [5, 5.41) is 12.6. The van der Waals surface area contributed by atoms with Crippen molar-refractivity contribution in [2.45, 2.75) is 51.5 Å². The summed E-state index contributed by atoms with van der Waals surface area (Å²) in [4.78, 5) is 17.3. The van der Waals surface area contributed by atoms with Crippen LogP contribution in [0.1, 0.15) is 50.7 Å². The molecule has 1 aliphatic heterocycles. The van der Waals surface area contributed by atoms with E-state index in [1.807, 2.05) is 0 Å². The second-order valence-corrected chi connectivity index (χ2v) is 5.37. The maximum absolute atomic E-state index is 10.5. The Labute approximate surface area is 112 Å². The number of likely N-dealkylation sites (tertiary alicyclic amines) is 1. The van der Waals surface area contributed by atoms with Crippen molar-refractivity contribution in [1.29, 1.82) is 0 Å². The van der Waals surface area contributed by atoms with E-state index in [4.69, 9.17) is 9.63 Å². The van der Waals surface area contributed by atoms with Crippen molar-refractivity contribution in [3.8, 4) is 0 Å². The lowest BCUT2D eigenvalue weighted by Crippen LogP contribution is -2.39. The van der Waals surface area contributed by atoms with Crippen molar-refractivity contribution < 1.29 is 14.4 Å². The van der Waals surface area contributed by atoms with Gasteiger partial charge in [0, 0.05) is 24.9 Å². The molecule has 1 fully saturated rings. The standard InChI is InChI=1S/C13H21N3O3/c1-9(2)16-7-3-4-10(8-16)13-14-11(19-15-13)5-6-12(17)18/h9-10H,3-8H2,1-2H3,(H,17,18). The van der Waals surface area contributed by atoms with Crippen molar-refractivity contribution in [3.05, 3.63) is 11.7 Å². The van der Waals surface area contributed by atoms with Crippen LogP contribution in [0.5, 0.6) is 0 Å². The zero-order valence-electron chi connectivity index (χ0n) is 11.5. The molecule has 0 amide bonds. The second kappa shape index (κ2) is 6.14. The van der Waals surface area contributed by atoms with Crippen LogP contribution in [0.2, 0.25) is 0 Å². The highest BCUT2D eigenvalue weighted by molar-refractivity contribution is 5.66. The van der Waals surface area contributed by atoms with Gasteiger partial charge < -0.3 is 14.5 Å². The summed E-state index contributed by atoms with van der Waals surface area (Å²) >= 11 is 0. The van der Waals surface area contributed by atoms with Gasteiger partial charge in [-0.3, -0.25) is 4.79 Å². The molecule has 1 saturated heterocycles. The summed E-state index contributed by atoms with van der Waals surface area (Å²) in [6.07, 6.45) is 2.55. The molecule has 1 N–H and O–H groups in total. The Hall–Kier alpha value is -1.43. The highest BCUT2D eigenvalue weighted by Gasteiger charge is 2.26. The number of hydrogen-bond acceptors (Lipinski definition) is 5. The van der Waals surface area contributed by atoms with Gasteiger partial charge in [-0.1, -0.05) is 5.16 Å². The molecule has 0 radical (unpaired) electrons. The maximum atomic E-state index is 10.5. The van der Waals surface area contributed by atoms with Crippen LogP contribution in [0.15, 0.2) is 4.52 Å². The van der Waals surface area contributed by atoms with E-state index in [0.717, 1.165) is 31.8 Å². The van der Waals surface area contributed by atoms with Crippen molar-refractivity contribution in [1.82, 2.24) is 15.0 Å². The number of piperidine rings is 1. The van der Waals surface area contributed by atoms with Gasteiger partial charge in [0.05, 0.1) is 6.42 Å². The van der Waals surface area contributed by atoms with E-state index in [1.54, 1.807) is 0 Å². The van der Waals surface area contributed by atoms with Crippen LogP contribution in [0, 0.1) is 0 Å². The Morgan fingerprint density at radius 3 is 3.05 bits per heavy atom. The first-order chi connectivity index (χ1) is 9.06. The summed E-state index contributed by atoms with van der Waals surface area (Å²) in [7, 11) is 0. The number of aryl methyl sites for hydroxylation is 1. The first-order valence-corrected chi connectivity index (χ1v) is 6.84. The Morgan fingerprint density at radius 2 is 2.37 bits per heavy atom. The van der Waals surface area contributed by atoms with Crippen LogP contribution in [-0.4, -0.2) is 45.2 Å². The molecule has 0 aromatic carbocycles. The van der Waals surface area contributed by atoms with Gasteiger partial charge in [-0.2, -0.15) is 4.98 Å². The molecule has 1 unspecified atom stereocenters. The normalized spacial score (nSPS) is 20.9. The first-order valence-electron chi connectivity index (χ1n) is 6.84. The van der Waals surface area contributed by atoms with Gasteiger partial charge in [-0.15, -0.1) is 0 Å². The molecule has 6 nitrogen and oxygen atoms in total. The average Bonchev–Trinajstić information content (AvgIpc) is 2.85. The maximum Gasteiger partial charge on any atom is 0.303 e. The van der Waals surface area contributed by atoms with Crippen LogP contribution in [0.4, 0.5) is 0 Å². The molecule has 19 heavy (non-hydrogen) atoms. The van der Waals surface area contributed by atoms with Gasteiger partial charge in [0.2, 0.25) is 5.89 Å². The Bertz CT molecular complexity index is 431. The van der Waals surface area contributed by atoms with Crippen LogP contribution >= 0.6 is 0 Å². The van der Waals surface area contributed by atoms with E-state index >= 15 is 0 Å². The van der Waals surface area contributed by atoms with E-state index in [-0.39, 0.29) is 6.42 Å². The lowest BCUT2D eigenvalue weighted by atomic mass is 9.96. The van der Waals surface area contributed by atoms with Gasteiger partial charge in [0.1, 0.15) is 0 Å². The molecule has 0 saturated carbocycles. The van der Waals surface area contributed by atoms with Gasteiger partial charge in [-0.25, -0.2) is 0 Å². The molecule has 2 rings (SSSR count). The molecular formula is C13H21N3O3. The predicted molar refractivity (Wildman–Crippen MR) is 68.9 cm³/mol. The smallest absolute Gasteiger partial charge is 0.303 e. The molecule has 2 heterocycles. The fourth-order valence-electron chi connectivity index (χ4n) is 2.44. The van der Waals surface area contributed by atoms with Crippen LogP contribution in [0.3, 0.4) is 0 Å². The molecule has 0 bridgehead atoms. The highest BCUT2D eigenvalue weighted by atomic mass is 16.5. The molecule has 0 spiro atoms. The minimum Gasteiger partial charge on any atom is -0.481 e. The summed E-state index contributed by atoms with van der Waals surface area (Å²) in [6.45, 7) is 6.46.